The fourth-order valence-corrected chi connectivity index (χ4v) is 3.05. The number of carbonyl (C=O) groups is 1. The maximum absolute atomic E-state index is 12.4. The molecule has 122 valence electrons. The smallest absolute Gasteiger partial charge is 0.227 e. The Morgan fingerprint density at radius 1 is 1.24 bits per heavy atom. The zero-order valence-electron chi connectivity index (χ0n) is 13.3. The lowest BCUT2D eigenvalue weighted by Crippen LogP contribution is -2.50. The van der Waals surface area contributed by atoms with Crippen LogP contribution in [-0.2, 0) is 9.53 Å². The second-order valence-corrected chi connectivity index (χ2v) is 6.35. The molecule has 0 bridgehead atoms. The first-order valence-electron chi connectivity index (χ1n) is 8.13. The van der Waals surface area contributed by atoms with Crippen molar-refractivity contribution in [3.8, 4) is 0 Å². The summed E-state index contributed by atoms with van der Waals surface area (Å²) in [6, 6.07) is 0. The Kier molecular flexibility index (Phi) is 6.41. The first-order chi connectivity index (χ1) is 10.2. The van der Waals surface area contributed by atoms with Crippen molar-refractivity contribution in [2.75, 3.05) is 66.1 Å². The van der Waals surface area contributed by atoms with Crippen LogP contribution in [0.1, 0.15) is 19.3 Å². The van der Waals surface area contributed by atoms with Crippen LogP contribution in [0.2, 0.25) is 0 Å². The van der Waals surface area contributed by atoms with Gasteiger partial charge in [-0.2, -0.15) is 0 Å². The third-order valence-electron chi connectivity index (χ3n) is 4.85. The quantitative estimate of drug-likeness (QED) is 0.647. The van der Waals surface area contributed by atoms with Crippen molar-refractivity contribution < 1.29 is 9.53 Å². The van der Waals surface area contributed by atoms with Gasteiger partial charge in [0.2, 0.25) is 5.91 Å². The summed E-state index contributed by atoms with van der Waals surface area (Å²) in [6.07, 6.45) is 2.49. The molecule has 0 radical (unpaired) electrons. The number of carbonyl (C=O) groups excluding carboxylic acids is 1. The molecule has 0 unspecified atom stereocenters. The summed E-state index contributed by atoms with van der Waals surface area (Å²) in [4.78, 5) is 17.2. The molecule has 2 rings (SSSR count). The molecule has 0 spiro atoms. The van der Waals surface area contributed by atoms with Gasteiger partial charge in [-0.15, -0.1) is 0 Å². The Morgan fingerprint density at radius 2 is 1.90 bits per heavy atom. The molecule has 6 heteroatoms. The molecule has 0 aromatic rings. The number of likely N-dealkylation sites (N-methyl/N-ethyl adjacent to an activating group) is 1. The van der Waals surface area contributed by atoms with E-state index in [1.165, 1.54) is 0 Å². The third-order valence-corrected chi connectivity index (χ3v) is 4.85. The maximum Gasteiger partial charge on any atom is 0.227 e. The normalized spacial score (nSPS) is 23.9. The van der Waals surface area contributed by atoms with Crippen molar-refractivity contribution in [1.82, 2.24) is 15.1 Å². The van der Waals surface area contributed by atoms with Crippen molar-refractivity contribution in [3.05, 3.63) is 0 Å². The molecule has 2 aliphatic heterocycles. The van der Waals surface area contributed by atoms with Crippen LogP contribution in [0.25, 0.3) is 0 Å². The van der Waals surface area contributed by atoms with Gasteiger partial charge in [0.1, 0.15) is 0 Å². The van der Waals surface area contributed by atoms with Crippen LogP contribution >= 0.6 is 0 Å². The highest BCUT2D eigenvalue weighted by Gasteiger charge is 2.38. The van der Waals surface area contributed by atoms with Crippen LogP contribution in [-0.4, -0.2) is 81.8 Å². The topological polar surface area (TPSA) is 70.8 Å². The predicted octanol–water partition coefficient (Wildman–Crippen LogP) is -0.504. The average Bonchev–Trinajstić information content (AvgIpc) is 2.53. The molecule has 0 atom stereocenters. The number of piperazine rings is 1. The Labute approximate surface area is 128 Å². The Bertz CT molecular complexity index is 324. The summed E-state index contributed by atoms with van der Waals surface area (Å²) in [5, 5.41) is 3.08. The van der Waals surface area contributed by atoms with E-state index in [9.17, 15) is 4.79 Å². The average molecular weight is 298 g/mol. The van der Waals surface area contributed by atoms with Gasteiger partial charge in [0.05, 0.1) is 5.41 Å². The lowest BCUT2D eigenvalue weighted by molar-refractivity contribution is -0.135. The molecule has 0 aliphatic carbocycles. The van der Waals surface area contributed by atoms with Crippen molar-refractivity contribution in [1.29, 1.82) is 0 Å². The first kappa shape index (κ1) is 16.7. The number of nitrogens with one attached hydrogen (secondary N) is 1. The predicted molar refractivity (Wildman–Crippen MR) is 83.1 cm³/mol. The molecule has 2 aliphatic rings. The number of rotatable bonds is 6. The molecule has 0 aromatic heterocycles. The van der Waals surface area contributed by atoms with Crippen LogP contribution in [0.15, 0.2) is 0 Å². The number of amides is 1. The van der Waals surface area contributed by atoms with E-state index >= 15 is 0 Å². The molecule has 0 aromatic carbocycles. The summed E-state index contributed by atoms with van der Waals surface area (Å²) < 4.78 is 5.34. The largest absolute Gasteiger partial charge is 0.381 e. The van der Waals surface area contributed by atoms with Gasteiger partial charge in [-0.3, -0.25) is 4.79 Å². The van der Waals surface area contributed by atoms with Gasteiger partial charge in [0.15, 0.2) is 0 Å². The molecule has 2 heterocycles. The van der Waals surface area contributed by atoms with Gasteiger partial charge < -0.3 is 25.6 Å². The van der Waals surface area contributed by atoms with E-state index in [4.69, 9.17) is 10.5 Å². The van der Waals surface area contributed by atoms with Crippen LogP contribution in [0, 0.1) is 5.41 Å². The number of nitrogens with zero attached hydrogens (tertiary/aromatic N) is 2. The summed E-state index contributed by atoms with van der Waals surface area (Å²) in [7, 11) is 2.16. The number of hydrogen-bond acceptors (Lipinski definition) is 5. The van der Waals surface area contributed by atoms with Gasteiger partial charge in [0, 0.05) is 52.5 Å². The molecular weight excluding hydrogens is 268 g/mol. The van der Waals surface area contributed by atoms with E-state index in [2.05, 4.69) is 22.2 Å². The highest BCUT2D eigenvalue weighted by atomic mass is 16.5. The fourth-order valence-electron chi connectivity index (χ4n) is 3.05. The lowest BCUT2D eigenvalue weighted by Gasteiger charge is -2.35. The van der Waals surface area contributed by atoms with Crippen LogP contribution in [0.4, 0.5) is 0 Å². The van der Waals surface area contributed by atoms with Crippen LogP contribution in [0.5, 0.6) is 0 Å². The van der Waals surface area contributed by atoms with E-state index < -0.39 is 5.41 Å². The van der Waals surface area contributed by atoms with Gasteiger partial charge in [0.25, 0.3) is 0 Å². The van der Waals surface area contributed by atoms with Crippen molar-refractivity contribution in [3.63, 3.8) is 0 Å². The minimum Gasteiger partial charge on any atom is -0.381 e. The van der Waals surface area contributed by atoms with E-state index in [1.54, 1.807) is 0 Å². The van der Waals surface area contributed by atoms with Gasteiger partial charge in [-0.1, -0.05) is 0 Å². The maximum atomic E-state index is 12.4. The molecule has 1 amide bonds. The Balaban J connectivity index is 1.64. The zero-order valence-corrected chi connectivity index (χ0v) is 13.3. The zero-order chi connectivity index (χ0) is 15.1. The third kappa shape index (κ3) is 4.64. The number of nitrogens with two attached hydrogens (primary N) is 1. The minimum atomic E-state index is -0.397. The molecule has 3 N–H and O–H groups in total. The SMILES string of the molecule is CN1CCN(CCCNC(=O)C2(CN)CCOCC2)CC1. The minimum absolute atomic E-state index is 0.117. The van der Waals surface area contributed by atoms with E-state index in [-0.39, 0.29) is 5.91 Å². The van der Waals surface area contributed by atoms with Crippen molar-refractivity contribution in [2.45, 2.75) is 19.3 Å². The Morgan fingerprint density at radius 3 is 2.52 bits per heavy atom. The molecule has 21 heavy (non-hydrogen) atoms. The first-order valence-corrected chi connectivity index (χ1v) is 8.13. The van der Waals surface area contributed by atoms with Crippen molar-refractivity contribution >= 4 is 5.91 Å². The van der Waals surface area contributed by atoms with E-state index in [1.807, 2.05) is 0 Å². The Hall–Kier alpha value is -0.690. The molecule has 6 nitrogen and oxygen atoms in total. The highest BCUT2D eigenvalue weighted by Crippen LogP contribution is 2.29. The summed E-state index contributed by atoms with van der Waals surface area (Å²) >= 11 is 0. The van der Waals surface area contributed by atoms with Gasteiger partial charge >= 0.3 is 0 Å². The van der Waals surface area contributed by atoms with Crippen LogP contribution in [0.3, 0.4) is 0 Å². The summed E-state index contributed by atoms with van der Waals surface area (Å²) in [5.74, 6) is 0.117. The summed E-state index contributed by atoms with van der Waals surface area (Å²) in [5.41, 5.74) is 5.45. The van der Waals surface area contributed by atoms with E-state index in [0.29, 0.717) is 19.8 Å². The molecular formula is C15H30N4O2. The van der Waals surface area contributed by atoms with Crippen LogP contribution < -0.4 is 11.1 Å². The molecule has 2 saturated heterocycles. The number of hydrogen-bond donors (Lipinski definition) is 2. The van der Waals surface area contributed by atoms with Gasteiger partial charge in [-0.05, 0) is 32.9 Å². The highest BCUT2D eigenvalue weighted by molar-refractivity contribution is 5.83. The summed E-state index contributed by atoms with van der Waals surface area (Å²) in [6.45, 7) is 8.06. The molecule has 2 fully saturated rings. The lowest BCUT2D eigenvalue weighted by atomic mass is 9.79. The fraction of sp³-hybridized carbons (Fsp3) is 0.933. The second kappa shape index (κ2) is 8.08. The standard InChI is InChI=1S/C15H30N4O2/c1-18-7-9-19(10-8-18)6-2-5-17-14(20)15(13-16)3-11-21-12-4-15/h2-13,16H2,1H3,(H,17,20). The van der Waals surface area contributed by atoms with Gasteiger partial charge in [-0.25, -0.2) is 0 Å². The molecule has 0 saturated carbocycles. The second-order valence-electron chi connectivity index (χ2n) is 6.35. The van der Waals surface area contributed by atoms with E-state index in [0.717, 1.165) is 58.5 Å². The number of ether oxygens (including phenoxy) is 1. The van der Waals surface area contributed by atoms with Crippen molar-refractivity contribution in [2.24, 2.45) is 11.1 Å². The monoisotopic (exact) mass is 298 g/mol.